The van der Waals surface area contributed by atoms with Crippen LogP contribution in [0.25, 0.3) is 31.7 Å². The van der Waals surface area contributed by atoms with Crippen molar-refractivity contribution in [1.29, 1.82) is 0 Å². The lowest BCUT2D eigenvalue weighted by molar-refractivity contribution is 0.684. The fourth-order valence-corrected chi connectivity index (χ4v) is 5.70. The van der Waals surface area contributed by atoms with Crippen LogP contribution >= 0.6 is 11.3 Å². The number of aryl methyl sites for hydroxylation is 1. The Morgan fingerprint density at radius 1 is 0.967 bits per heavy atom. The van der Waals surface area contributed by atoms with Crippen LogP contribution in [0.1, 0.15) is 56.6 Å². The number of unbranched alkanes of at least 4 members (excludes halogenated alkanes) is 3. The number of hydrogen-bond acceptors (Lipinski definition) is 5. The minimum Gasteiger partial charge on any atom is -0.369 e. The quantitative estimate of drug-likeness (QED) is 0.337. The maximum absolute atomic E-state index is 5.18. The van der Waals surface area contributed by atoms with Crippen LogP contribution < -0.4 is 5.32 Å². The second-order valence-electron chi connectivity index (χ2n) is 8.16. The molecule has 0 radical (unpaired) electrons. The standard InChI is InChI=1S/C25H28N4S/c1-2-3-4-10-15-26-24-23-22(27-16-28-24)20-18-13-8-9-14-19(18)21(29-25(20)30-23)17-11-6-5-7-12-17/h5-7,11-12,16H,2-4,8-10,13-15H2,1H3,(H,26,27,28). The van der Waals surface area contributed by atoms with E-state index in [0.717, 1.165) is 45.9 Å². The molecule has 1 N–H and O–H groups in total. The van der Waals surface area contributed by atoms with E-state index < -0.39 is 0 Å². The van der Waals surface area contributed by atoms with Crippen LogP contribution in [0.2, 0.25) is 0 Å². The molecule has 0 saturated heterocycles. The number of aromatic nitrogens is 3. The molecular weight excluding hydrogens is 388 g/mol. The third kappa shape index (κ3) is 3.56. The number of fused-ring (bicyclic) bond motifs is 5. The van der Waals surface area contributed by atoms with Gasteiger partial charge in [0.05, 0.1) is 15.9 Å². The first kappa shape index (κ1) is 19.4. The van der Waals surface area contributed by atoms with E-state index in [0.29, 0.717) is 0 Å². The molecule has 0 fully saturated rings. The third-order valence-electron chi connectivity index (χ3n) is 6.09. The fraction of sp³-hybridized carbons (Fsp3) is 0.400. The summed E-state index contributed by atoms with van der Waals surface area (Å²) < 4.78 is 1.15. The molecule has 1 aromatic carbocycles. The van der Waals surface area contributed by atoms with Crippen molar-refractivity contribution in [3.8, 4) is 11.3 Å². The molecular formula is C25H28N4S. The minimum atomic E-state index is 0.959. The average molecular weight is 417 g/mol. The fourth-order valence-electron chi connectivity index (χ4n) is 4.58. The summed E-state index contributed by atoms with van der Waals surface area (Å²) in [4.78, 5) is 15.6. The van der Waals surface area contributed by atoms with Gasteiger partial charge in [0, 0.05) is 17.5 Å². The molecule has 154 valence electrons. The minimum absolute atomic E-state index is 0.959. The topological polar surface area (TPSA) is 50.7 Å². The van der Waals surface area contributed by atoms with Gasteiger partial charge in [-0.05, 0) is 43.2 Å². The first-order chi connectivity index (χ1) is 14.9. The van der Waals surface area contributed by atoms with Crippen molar-refractivity contribution in [1.82, 2.24) is 15.0 Å². The average Bonchev–Trinajstić information content (AvgIpc) is 3.18. The molecule has 3 heterocycles. The van der Waals surface area contributed by atoms with E-state index >= 15 is 0 Å². The highest BCUT2D eigenvalue weighted by molar-refractivity contribution is 7.26. The van der Waals surface area contributed by atoms with Gasteiger partial charge in [0.15, 0.2) is 0 Å². The second kappa shape index (κ2) is 8.68. The van der Waals surface area contributed by atoms with Gasteiger partial charge in [-0.1, -0.05) is 56.5 Å². The van der Waals surface area contributed by atoms with Crippen molar-refractivity contribution >= 4 is 37.6 Å². The lowest BCUT2D eigenvalue weighted by Gasteiger charge is -2.20. The summed E-state index contributed by atoms with van der Waals surface area (Å²) in [6, 6.07) is 10.6. The van der Waals surface area contributed by atoms with Gasteiger partial charge in [0.2, 0.25) is 0 Å². The molecule has 0 saturated carbocycles. The van der Waals surface area contributed by atoms with Crippen molar-refractivity contribution in [2.75, 3.05) is 11.9 Å². The molecule has 0 bridgehead atoms. The van der Waals surface area contributed by atoms with Crippen LogP contribution in [0, 0.1) is 0 Å². The monoisotopic (exact) mass is 416 g/mol. The largest absolute Gasteiger partial charge is 0.369 e. The molecule has 3 aromatic heterocycles. The van der Waals surface area contributed by atoms with Crippen LogP contribution in [-0.4, -0.2) is 21.5 Å². The van der Waals surface area contributed by atoms with E-state index in [1.54, 1.807) is 17.7 Å². The van der Waals surface area contributed by atoms with Crippen molar-refractivity contribution in [2.45, 2.75) is 58.3 Å². The zero-order chi connectivity index (χ0) is 20.3. The summed E-state index contributed by atoms with van der Waals surface area (Å²) >= 11 is 1.74. The first-order valence-corrected chi connectivity index (χ1v) is 12.1. The predicted octanol–water partition coefficient (Wildman–Crippen LogP) is 6.78. The van der Waals surface area contributed by atoms with Gasteiger partial charge < -0.3 is 5.32 Å². The van der Waals surface area contributed by atoms with Crippen molar-refractivity contribution in [3.05, 3.63) is 47.8 Å². The number of thiophene rings is 1. The van der Waals surface area contributed by atoms with Gasteiger partial charge in [-0.3, -0.25) is 0 Å². The molecule has 4 aromatic rings. The number of nitrogens with one attached hydrogen (secondary N) is 1. The highest BCUT2D eigenvalue weighted by Gasteiger charge is 2.23. The van der Waals surface area contributed by atoms with Crippen LogP contribution in [0.4, 0.5) is 5.82 Å². The Kier molecular flexibility index (Phi) is 5.63. The zero-order valence-electron chi connectivity index (χ0n) is 17.6. The zero-order valence-corrected chi connectivity index (χ0v) is 18.4. The third-order valence-corrected chi connectivity index (χ3v) is 7.17. The van der Waals surface area contributed by atoms with Gasteiger partial charge in [-0.2, -0.15) is 0 Å². The molecule has 0 unspecified atom stereocenters. The lowest BCUT2D eigenvalue weighted by Crippen LogP contribution is -2.07. The van der Waals surface area contributed by atoms with Crippen LogP contribution in [0.5, 0.6) is 0 Å². The van der Waals surface area contributed by atoms with Gasteiger partial charge in [0.1, 0.15) is 17.0 Å². The number of benzene rings is 1. The van der Waals surface area contributed by atoms with E-state index in [-0.39, 0.29) is 0 Å². The molecule has 0 atom stereocenters. The van der Waals surface area contributed by atoms with E-state index in [1.807, 2.05) is 0 Å². The summed E-state index contributed by atoms with van der Waals surface area (Å²) in [7, 11) is 0. The molecule has 1 aliphatic carbocycles. The van der Waals surface area contributed by atoms with Gasteiger partial charge in [0.25, 0.3) is 0 Å². The Balaban J connectivity index is 1.62. The molecule has 5 rings (SSSR count). The SMILES string of the molecule is CCCCCCNc1ncnc2c1sc1nc(-c3ccccc3)c3c(c12)CCCC3. The maximum atomic E-state index is 5.18. The van der Waals surface area contributed by atoms with Crippen molar-refractivity contribution in [3.63, 3.8) is 0 Å². The predicted molar refractivity (Wildman–Crippen MR) is 127 cm³/mol. The van der Waals surface area contributed by atoms with Crippen LogP contribution in [0.15, 0.2) is 36.7 Å². The molecule has 4 nitrogen and oxygen atoms in total. The molecule has 30 heavy (non-hydrogen) atoms. The normalized spacial score (nSPS) is 13.6. The van der Waals surface area contributed by atoms with E-state index in [9.17, 15) is 0 Å². The second-order valence-corrected chi connectivity index (χ2v) is 9.16. The van der Waals surface area contributed by atoms with Gasteiger partial charge in [-0.25, -0.2) is 15.0 Å². The number of rotatable bonds is 7. The van der Waals surface area contributed by atoms with Crippen LogP contribution in [-0.2, 0) is 12.8 Å². The molecule has 5 heteroatoms. The van der Waals surface area contributed by atoms with E-state index in [1.165, 1.54) is 60.6 Å². The van der Waals surface area contributed by atoms with Crippen LogP contribution in [0.3, 0.4) is 0 Å². The van der Waals surface area contributed by atoms with Crippen molar-refractivity contribution < 1.29 is 0 Å². The number of pyridine rings is 1. The molecule has 1 aliphatic rings. The highest BCUT2D eigenvalue weighted by atomic mass is 32.1. The van der Waals surface area contributed by atoms with Gasteiger partial charge in [-0.15, -0.1) is 11.3 Å². The van der Waals surface area contributed by atoms with E-state index in [4.69, 9.17) is 9.97 Å². The summed E-state index contributed by atoms with van der Waals surface area (Å²) in [5, 5.41) is 4.83. The van der Waals surface area contributed by atoms with E-state index in [2.05, 4.69) is 47.6 Å². The first-order valence-electron chi connectivity index (χ1n) is 11.2. The maximum Gasteiger partial charge on any atom is 0.147 e. The molecule has 0 spiro atoms. The Morgan fingerprint density at radius 2 is 1.80 bits per heavy atom. The summed E-state index contributed by atoms with van der Waals surface area (Å²) in [5.41, 5.74) is 6.34. The Bertz CT molecular complexity index is 1170. The van der Waals surface area contributed by atoms with Gasteiger partial charge >= 0.3 is 0 Å². The Hall–Kier alpha value is -2.53. The Labute approximate surface area is 181 Å². The lowest BCUT2D eigenvalue weighted by atomic mass is 9.87. The molecule has 0 amide bonds. The summed E-state index contributed by atoms with van der Waals surface area (Å²) in [6.45, 7) is 3.21. The highest BCUT2D eigenvalue weighted by Crippen LogP contribution is 2.42. The number of anilines is 1. The van der Waals surface area contributed by atoms with Crippen molar-refractivity contribution in [2.24, 2.45) is 0 Å². The summed E-state index contributed by atoms with van der Waals surface area (Å²) in [5.74, 6) is 0.963. The number of hydrogen-bond donors (Lipinski definition) is 1. The number of nitrogens with zero attached hydrogens (tertiary/aromatic N) is 3. The Morgan fingerprint density at radius 3 is 2.63 bits per heavy atom. The summed E-state index contributed by atoms with van der Waals surface area (Å²) in [6.07, 6.45) is 11.4. The smallest absolute Gasteiger partial charge is 0.147 e. The molecule has 0 aliphatic heterocycles.